The van der Waals surface area contributed by atoms with Crippen LogP contribution in [0.25, 0.3) is 0 Å². The van der Waals surface area contributed by atoms with Crippen LogP contribution in [0.2, 0.25) is 0 Å². The van der Waals surface area contributed by atoms with E-state index in [9.17, 15) is 23.1 Å². The van der Waals surface area contributed by atoms with E-state index < -0.39 is 12.5 Å². The lowest BCUT2D eigenvalue weighted by Gasteiger charge is -2.16. The van der Waals surface area contributed by atoms with Crippen LogP contribution >= 0.6 is 0 Å². The van der Waals surface area contributed by atoms with Crippen molar-refractivity contribution in [2.45, 2.75) is 45.9 Å². The van der Waals surface area contributed by atoms with Crippen molar-refractivity contribution in [1.82, 2.24) is 10.2 Å². The highest BCUT2D eigenvalue weighted by Gasteiger charge is 2.31. The quantitative estimate of drug-likeness (QED) is 0.736. The van der Waals surface area contributed by atoms with E-state index in [4.69, 9.17) is 0 Å². The number of nitrogens with one attached hydrogen (secondary N) is 1. The molecule has 29 heavy (non-hydrogen) atoms. The van der Waals surface area contributed by atoms with Crippen LogP contribution in [0.3, 0.4) is 0 Å². The predicted molar refractivity (Wildman–Crippen MR) is 101 cm³/mol. The molecule has 0 radical (unpaired) electrons. The van der Waals surface area contributed by atoms with Crippen LogP contribution in [0.15, 0.2) is 36.4 Å². The summed E-state index contributed by atoms with van der Waals surface area (Å²) < 4.78 is 40.7. The Bertz CT molecular complexity index is 880. The third kappa shape index (κ3) is 5.48. The third-order valence-corrected chi connectivity index (χ3v) is 4.64. The molecule has 8 heteroatoms. The molecule has 0 saturated heterocycles. The Morgan fingerprint density at radius 3 is 2.52 bits per heavy atom. The van der Waals surface area contributed by atoms with Crippen LogP contribution in [0.1, 0.15) is 39.5 Å². The molecular formula is C21H23F3N2O3. The second-order valence-corrected chi connectivity index (χ2v) is 7.28. The number of nitrogens with zero attached hydrogens (tertiary/aromatic N) is 1. The number of aliphatic hydroxyl groups excluding tert-OH is 1. The lowest BCUT2D eigenvalue weighted by atomic mass is 10.0. The van der Waals surface area contributed by atoms with E-state index in [0.717, 1.165) is 22.3 Å². The Hall–Kier alpha value is -2.58. The normalized spacial score (nSPS) is 14.8. The van der Waals surface area contributed by atoms with E-state index in [1.807, 2.05) is 19.1 Å². The van der Waals surface area contributed by atoms with Crippen LogP contribution in [0.5, 0.6) is 5.75 Å². The molecule has 1 unspecified atom stereocenters. The van der Waals surface area contributed by atoms with Crippen LogP contribution in [-0.2, 0) is 19.6 Å². The molecule has 3 rings (SSSR count). The zero-order chi connectivity index (χ0) is 21.2. The average Bonchev–Trinajstić information content (AvgIpc) is 2.91. The molecule has 0 aromatic heterocycles. The zero-order valence-corrected chi connectivity index (χ0v) is 16.2. The van der Waals surface area contributed by atoms with Crippen molar-refractivity contribution in [2.24, 2.45) is 0 Å². The summed E-state index contributed by atoms with van der Waals surface area (Å²) in [6.07, 6.45) is -5.16. The molecule has 1 aliphatic heterocycles. The first-order valence-electron chi connectivity index (χ1n) is 9.27. The number of fused-ring (bicyclic) bond motifs is 1. The van der Waals surface area contributed by atoms with Gasteiger partial charge in [-0.3, -0.25) is 4.79 Å². The van der Waals surface area contributed by atoms with Crippen molar-refractivity contribution in [3.63, 3.8) is 0 Å². The molecule has 1 atom stereocenters. The van der Waals surface area contributed by atoms with Gasteiger partial charge >= 0.3 is 6.36 Å². The van der Waals surface area contributed by atoms with Crippen molar-refractivity contribution in [2.75, 3.05) is 6.54 Å². The maximum atomic E-state index is 12.8. The number of benzene rings is 2. The molecule has 1 aliphatic rings. The van der Waals surface area contributed by atoms with E-state index in [2.05, 4.69) is 10.1 Å². The van der Waals surface area contributed by atoms with Crippen LogP contribution in [0.4, 0.5) is 13.2 Å². The number of aliphatic hydroxyl groups is 1. The number of halogens is 3. The average molecular weight is 408 g/mol. The fourth-order valence-corrected chi connectivity index (χ4v) is 3.48. The molecule has 2 aromatic carbocycles. The summed E-state index contributed by atoms with van der Waals surface area (Å²) >= 11 is 0. The van der Waals surface area contributed by atoms with E-state index in [1.54, 1.807) is 11.8 Å². The SMILES string of the molecule is Cc1cc(CNCC(C)O)cc2c1C(=O)N(Cc1ccc(OC(F)(F)F)cc1)C2. The lowest BCUT2D eigenvalue weighted by molar-refractivity contribution is -0.274. The molecule has 0 spiro atoms. The van der Waals surface area contributed by atoms with E-state index in [0.29, 0.717) is 31.7 Å². The highest BCUT2D eigenvalue weighted by Crippen LogP contribution is 2.29. The fourth-order valence-electron chi connectivity index (χ4n) is 3.48. The van der Waals surface area contributed by atoms with Gasteiger partial charge in [0.1, 0.15) is 5.75 Å². The smallest absolute Gasteiger partial charge is 0.406 e. The summed E-state index contributed by atoms with van der Waals surface area (Å²) in [5.41, 5.74) is 4.25. The van der Waals surface area contributed by atoms with Gasteiger partial charge in [0.2, 0.25) is 0 Å². The summed E-state index contributed by atoms with van der Waals surface area (Å²) in [5.74, 6) is -0.376. The van der Waals surface area contributed by atoms with Crippen LogP contribution < -0.4 is 10.1 Å². The van der Waals surface area contributed by atoms with Gasteiger partial charge in [-0.2, -0.15) is 0 Å². The minimum atomic E-state index is -4.73. The zero-order valence-electron chi connectivity index (χ0n) is 16.2. The van der Waals surface area contributed by atoms with Gasteiger partial charge < -0.3 is 20.1 Å². The van der Waals surface area contributed by atoms with Crippen molar-refractivity contribution in [1.29, 1.82) is 0 Å². The number of rotatable bonds is 7. The number of alkyl halides is 3. The lowest BCUT2D eigenvalue weighted by Crippen LogP contribution is -2.24. The van der Waals surface area contributed by atoms with Crippen molar-refractivity contribution in [3.8, 4) is 5.75 Å². The minimum Gasteiger partial charge on any atom is -0.406 e. The van der Waals surface area contributed by atoms with Gasteiger partial charge in [0, 0.05) is 31.7 Å². The number of hydrogen-bond donors (Lipinski definition) is 2. The third-order valence-electron chi connectivity index (χ3n) is 4.64. The molecule has 2 aromatic rings. The fraction of sp³-hybridized carbons (Fsp3) is 0.381. The van der Waals surface area contributed by atoms with Gasteiger partial charge in [-0.05, 0) is 48.2 Å². The molecule has 5 nitrogen and oxygen atoms in total. The van der Waals surface area contributed by atoms with Crippen molar-refractivity contribution in [3.05, 3.63) is 64.2 Å². The highest BCUT2D eigenvalue weighted by atomic mass is 19.4. The molecule has 156 valence electrons. The Morgan fingerprint density at radius 1 is 1.21 bits per heavy atom. The topological polar surface area (TPSA) is 61.8 Å². The van der Waals surface area contributed by atoms with Gasteiger partial charge in [0.25, 0.3) is 5.91 Å². The van der Waals surface area contributed by atoms with Crippen LogP contribution in [0, 0.1) is 6.92 Å². The van der Waals surface area contributed by atoms with E-state index in [1.165, 1.54) is 24.3 Å². The second kappa shape index (κ2) is 8.42. The first kappa shape index (κ1) is 21.1. The van der Waals surface area contributed by atoms with Gasteiger partial charge in [0.15, 0.2) is 0 Å². The van der Waals surface area contributed by atoms with Gasteiger partial charge in [-0.25, -0.2) is 0 Å². The monoisotopic (exact) mass is 408 g/mol. The Morgan fingerprint density at radius 2 is 1.90 bits per heavy atom. The second-order valence-electron chi connectivity index (χ2n) is 7.28. The number of hydrogen-bond acceptors (Lipinski definition) is 4. The van der Waals surface area contributed by atoms with Crippen molar-refractivity contribution >= 4 is 5.91 Å². The molecule has 0 fully saturated rings. The summed E-state index contributed by atoms with van der Waals surface area (Å²) in [6.45, 7) is 5.42. The number of carbonyl (C=O) groups is 1. The molecular weight excluding hydrogens is 385 g/mol. The van der Waals surface area contributed by atoms with Crippen LogP contribution in [-0.4, -0.2) is 34.9 Å². The number of aryl methyl sites for hydroxylation is 1. The molecule has 1 amide bonds. The Labute approximate surface area is 167 Å². The maximum absolute atomic E-state index is 12.8. The Balaban J connectivity index is 1.67. The summed E-state index contributed by atoms with van der Waals surface area (Å²) in [6, 6.07) is 9.47. The molecule has 2 N–H and O–H groups in total. The van der Waals surface area contributed by atoms with Gasteiger partial charge in [0.05, 0.1) is 6.10 Å². The minimum absolute atomic E-state index is 0.0865. The first-order chi connectivity index (χ1) is 13.6. The maximum Gasteiger partial charge on any atom is 0.573 e. The van der Waals surface area contributed by atoms with E-state index in [-0.39, 0.29) is 11.7 Å². The highest BCUT2D eigenvalue weighted by molar-refractivity contribution is 5.99. The van der Waals surface area contributed by atoms with Crippen molar-refractivity contribution < 1.29 is 27.8 Å². The summed E-state index contributed by atoms with van der Waals surface area (Å²) in [7, 11) is 0. The predicted octanol–water partition coefficient (Wildman–Crippen LogP) is 3.52. The number of carbonyl (C=O) groups excluding carboxylic acids is 1. The molecule has 0 aliphatic carbocycles. The van der Waals surface area contributed by atoms with Gasteiger partial charge in [-0.1, -0.05) is 24.3 Å². The van der Waals surface area contributed by atoms with Gasteiger partial charge in [-0.15, -0.1) is 13.2 Å². The van der Waals surface area contributed by atoms with E-state index >= 15 is 0 Å². The summed E-state index contributed by atoms with van der Waals surface area (Å²) in [4.78, 5) is 14.5. The first-order valence-corrected chi connectivity index (χ1v) is 9.27. The number of amides is 1. The molecule has 0 saturated carbocycles. The standard InChI is InChI=1S/C21H23F3N2O3/c1-13-7-16(10-25-9-14(2)27)8-17-12-26(20(28)19(13)17)11-15-3-5-18(6-4-15)29-21(22,23)24/h3-8,14,25,27H,9-12H2,1-2H3. The molecule has 0 bridgehead atoms. The number of ether oxygens (including phenoxy) is 1. The molecule has 1 heterocycles. The Kier molecular flexibility index (Phi) is 6.14. The summed E-state index contributed by atoms with van der Waals surface area (Å²) in [5, 5.41) is 12.5. The largest absolute Gasteiger partial charge is 0.573 e.